The summed E-state index contributed by atoms with van der Waals surface area (Å²) in [4.78, 5) is 12.3. The highest BCUT2D eigenvalue weighted by molar-refractivity contribution is 9.10. The number of benzene rings is 1. The van der Waals surface area contributed by atoms with Gasteiger partial charge in [-0.2, -0.15) is 5.10 Å². The predicted octanol–water partition coefficient (Wildman–Crippen LogP) is 3.60. The number of aryl methyl sites for hydroxylation is 2. The molecule has 0 N–H and O–H groups in total. The molecule has 3 nitrogen and oxygen atoms in total. The summed E-state index contributed by atoms with van der Waals surface area (Å²) in [6.45, 7) is 4.92. The van der Waals surface area contributed by atoms with Gasteiger partial charge in [0.15, 0.2) is 5.78 Å². The second-order valence-corrected chi connectivity index (χ2v) is 5.16. The SMILES string of the molecule is CCCn1cc(C(=O)c2ccc(C)cc2Br)cn1. The molecule has 0 aliphatic heterocycles. The summed E-state index contributed by atoms with van der Waals surface area (Å²) in [7, 11) is 0. The van der Waals surface area contributed by atoms with Crippen molar-refractivity contribution in [3.05, 3.63) is 51.8 Å². The van der Waals surface area contributed by atoms with Crippen LogP contribution < -0.4 is 0 Å². The van der Waals surface area contributed by atoms with Crippen LogP contribution in [0.3, 0.4) is 0 Å². The van der Waals surface area contributed by atoms with Crippen molar-refractivity contribution in [1.29, 1.82) is 0 Å². The number of ketones is 1. The highest BCUT2D eigenvalue weighted by Crippen LogP contribution is 2.21. The second-order valence-electron chi connectivity index (χ2n) is 4.30. The van der Waals surface area contributed by atoms with Crippen molar-refractivity contribution < 1.29 is 4.79 Å². The van der Waals surface area contributed by atoms with Crippen molar-refractivity contribution in [2.75, 3.05) is 0 Å². The Morgan fingerprint density at radius 3 is 2.89 bits per heavy atom. The van der Waals surface area contributed by atoms with E-state index in [-0.39, 0.29) is 5.78 Å². The van der Waals surface area contributed by atoms with Gasteiger partial charge in [0, 0.05) is 22.8 Å². The Labute approximate surface area is 115 Å². The van der Waals surface area contributed by atoms with Gasteiger partial charge in [0.1, 0.15) is 0 Å². The fourth-order valence-corrected chi connectivity index (χ4v) is 2.47. The van der Waals surface area contributed by atoms with Gasteiger partial charge in [0.2, 0.25) is 0 Å². The molecule has 2 rings (SSSR count). The molecule has 0 saturated heterocycles. The van der Waals surface area contributed by atoms with E-state index in [1.165, 1.54) is 0 Å². The molecule has 1 aromatic carbocycles. The Morgan fingerprint density at radius 1 is 1.44 bits per heavy atom. The second kappa shape index (κ2) is 5.48. The molecule has 2 aromatic rings. The van der Waals surface area contributed by atoms with E-state index in [4.69, 9.17) is 0 Å². The van der Waals surface area contributed by atoms with Gasteiger partial charge in [-0.1, -0.05) is 28.9 Å². The lowest BCUT2D eigenvalue weighted by Gasteiger charge is -2.03. The van der Waals surface area contributed by atoms with Gasteiger partial charge in [0.05, 0.1) is 11.8 Å². The van der Waals surface area contributed by atoms with Crippen molar-refractivity contribution in [2.45, 2.75) is 26.8 Å². The van der Waals surface area contributed by atoms with Crippen molar-refractivity contribution in [1.82, 2.24) is 9.78 Å². The minimum absolute atomic E-state index is 0.00391. The molecule has 0 amide bonds. The minimum Gasteiger partial charge on any atom is -0.288 e. The van der Waals surface area contributed by atoms with Crippen LogP contribution in [-0.4, -0.2) is 15.6 Å². The van der Waals surface area contributed by atoms with E-state index in [9.17, 15) is 4.79 Å². The maximum absolute atomic E-state index is 12.3. The molecule has 18 heavy (non-hydrogen) atoms. The summed E-state index contributed by atoms with van der Waals surface area (Å²) in [6.07, 6.45) is 4.44. The number of hydrogen-bond donors (Lipinski definition) is 0. The third kappa shape index (κ3) is 2.70. The van der Waals surface area contributed by atoms with Crippen LogP contribution in [0.5, 0.6) is 0 Å². The normalized spacial score (nSPS) is 10.6. The molecule has 0 aliphatic rings. The quantitative estimate of drug-likeness (QED) is 0.809. The van der Waals surface area contributed by atoms with E-state index in [0.29, 0.717) is 11.1 Å². The maximum atomic E-state index is 12.3. The lowest BCUT2D eigenvalue weighted by atomic mass is 10.1. The van der Waals surface area contributed by atoms with E-state index in [1.54, 1.807) is 17.1 Å². The first-order valence-electron chi connectivity index (χ1n) is 5.95. The third-order valence-corrected chi connectivity index (χ3v) is 3.37. The number of aromatic nitrogens is 2. The molecule has 1 aromatic heterocycles. The largest absolute Gasteiger partial charge is 0.288 e. The predicted molar refractivity (Wildman–Crippen MR) is 74.8 cm³/mol. The molecule has 0 aliphatic carbocycles. The zero-order valence-corrected chi connectivity index (χ0v) is 12.1. The molecule has 0 atom stereocenters. The van der Waals surface area contributed by atoms with Crippen LogP contribution in [0.2, 0.25) is 0 Å². The Morgan fingerprint density at radius 2 is 2.22 bits per heavy atom. The van der Waals surface area contributed by atoms with Crippen LogP contribution in [0.25, 0.3) is 0 Å². The molecule has 94 valence electrons. The molecular weight excluding hydrogens is 292 g/mol. The van der Waals surface area contributed by atoms with Crippen LogP contribution in [0.1, 0.15) is 34.8 Å². The topological polar surface area (TPSA) is 34.9 Å². The molecule has 4 heteroatoms. The number of hydrogen-bond acceptors (Lipinski definition) is 2. The number of carbonyl (C=O) groups is 1. The van der Waals surface area contributed by atoms with Gasteiger partial charge in [0.25, 0.3) is 0 Å². The van der Waals surface area contributed by atoms with Crippen molar-refractivity contribution in [3.63, 3.8) is 0 Å². The number of nitrogens with zero attached hydrogens (tertiary/aromatic N) is 2. The maximum Gasteiger partial charge on any atom is 0.197 e. The first-order valence-corrected chi connectivity index (χ1v) is 6.74. The monoisotopic (exact) mass is 306 g/mol. The molecule has 0 saturated carbocycles. The average molecular weight is 307 g/mol. The summed E-state index contributed by atoms with van der Waals surface area (Å²) in [5.74, 6) is 0.00391. The molecular formula is C14H15BrN2O. The lowest BCUT2D eigenvalue weighted by molar-refractivity contribution is 0.103. The minimum atomic E-state index is 0.00391. The summed E-state index contributed by atoms with van der Waals surface area (Å²) in [5, 5.41) is 4.18. The zero-order valence-electron chi connectivity index (χ0n) is 10.5. The molecule has 0 radical (unpaired) electrons. The van der Waals surface area contributed by atoms with Crippen molar-refractivity contribution in [2.24, 2.45) is 0 Å². The number of halogens is 1. The summed E-state index contributed by atoms with van der Waals surface area (Å²) in [6, 6.07) is 5.73. The summed E-state index contributed by atoms with van der Waals surface area (Å²) in [5.41, 5.74) is 2.43. The molecule has 0 bridgehead atoms. The first kappa shape index (κ1) is 13.0. The van der Waals surface area contributed by atoms with E-state index < -0.39 is 0 Å². The van der Waals surface area contributed by atoms with Crippen LogP contribution in [0.15, 0.2) is 35.1 Å². The lowest BCUT2D eigenvalue weighted by Crippen LogP contribution is -2.02. The molecule has 1 heterocycles. The zero-order chi connectivity index (χ0) is 13.1. The van der Waals surface area contributed by atoms with E-state index in [2.05, 4.69) is 28.0 Å². The Balaban J connectivity index is 2.29. The smallest absolute Gasteiger partial charge is 0.197 e. The van der Waals surface area contributed by atoms with Crippen LogP contribution in [-0.2, 0) is 6.54 Å². The van der Waals surface area contributed by atoms with Crippen molar-refractivity contribution >= 4 is 21.7 Å². The Bertz CT molecular complexity index is 575. The van der Waals surface area contributed by atoms with Gasteiger partial charge < -0.3 is 0 Å². The molecule has 0 unspecified atom stereocenters. The van der Waals surface area contributed by atoms with Gasteiger partial charge in [-0.15, -0.1) is 0 Å². The Kier molecular flexibility index (Phi) is 3.97. The number of carbonyl (C=O) groups excluding carboxylic acids is 1. The van der Waals surface area contributed by atoms with Gasteiger partial charge in [-0.05, 0) is 31.0 Å². The fraction of sp³-hybridized carbons (Fsp3) is 0.286. The third-order valence-electron chi connectivity index (χ3n) is 2.72. The standard InChI is InChI=1S/C14H15BrN2O/c1-3-6-17-9-11(8-16-17)14(18)12-5-4-10(2)7-13(12)15/h4-5,7-9H,3,6H2,1-2H3. The van der Waals surface area contributed by atoms with Crippen LogP contribution >= 0.6 is 15.9 Å². The van der Waals surface area contributed by atoms with E-state index in [1.807, 2.05) is 25.1 Å². The highest BCUT2D eigenvalue weighted by atomic mass is 79.9. The number of rotatable bonds is 4. The van der Waals surface area contributed by atoms with Crippen molar-refractivity contribution in [3.8, 4) is 0 Å². The molecule has 0 fully saturated rings. The van der Waals surface area contributed by atoms with Crippen LogP contribution in [0, 0.1) is 6.92 Å². The first-order chi connectivity index (χ1) is 8.61. The van der Waals surface area contributed by atoms with Crippen LogP contribution in [0.4, 0.5) is 0 Å². The van der Waals surface area contributed by atoms with E-state index in [0.717, 1.165) is 23.0 Å². The highest BCUT2D eigenvalue weighted by Gasteiger charge is 2.14. The summed E-state index contributed by atoms with van der Waals surface area (Å²) < 4.78 is 2.63. The molecule has 0 spiro atoms. The Hall–Kier alpha value is -1.42. The average Bonchev–Trinajstić information content (AvgIpc) is 2.77. The summed E-state index contributed by atoms with van der Waals surface area (Å²) >= 11 is 3.43. The fourth-order valence-electron chi connectivity index (χ4n) is 1.79. The van der Waals surface area contributed by atoms with Gasteiger partial charge in [-0.25, -0.2) is 0 Å². The van der Waals surface area contributed by atoms with E-state index >= 15 is 0 Å². The van der Waals surface area contributed by atoms with Gasteiger partial charge in [-0.3, -0.25) is 9.48 Å². The van der Waals surface area contributed by atoms with Gasteiger partial charge >= 0.3 is 0 Å².